The minimum Gasteiger partial charge on any atom is -0.426 e. The Morgan fingerprint density at radius 3 is 2.38 bits per heavy atom. The highest BCUT2D eigenvalue weighted by atomic mass is 32.2. The molecule has 110 valence electrons. The van der Waals surface area contributed by atoms with Gasteiger partial charge in [0.1, 0.15) is 5.75 Å². The number of rotatable bonds is 4. The number of carbonyl (C=O) groups is 1. The third-order valence-corrected chi connectivity index (χ3v) is 3.79. The summed E-state index contributed by atoms with van der Waals surface area (Å²) in [5, 5.41) is 5.11. The van der Waals surface area contributed by atoms with E-state index in [4.69, 9.17) is 9.88 Å². The summed E-state index contributed by atoms with van der Waals surface area (Å²) < 4.78 is 28.1. The Morgan fingerprint density at radius 2 is 1.81 bits per heavy atom. The van der Waals surface area contributed by atoms with E-state index in [0.717, 1.165) is 5.56 Å². The third-order valence-electron chi connectivity index (χ3n) is 2.88. The molecule has 0 unspecified atom stereocenters. The fraction of sp³-hybridized carbons (Fsp3) is 0.133. The van der Waals surface area contributed by atoms with E-state index in [2.05, 4.69) is 0 Å². The molecule has 0 aliphatic rings. The van der Waals surface area contributed by atoms with Gasteiger partial charge in [0.25, 0.3) is 0 Å². The average molecular weight is 305 g/mol. The van der Waals surface area contributed by atoms with Crippen molar-refractivity contribution in [1.29, 1.82) is 0 Å². The summed E-state index contributed by atoms with van der Waals surface area (Å²) in [6.45, 7) is 1.66. The lowest BCUT2D eigenvalue weighted by atomic mass is 10.0. The second-order valence-electron chi connectivity index (χ2n) is 4.40. The molecule has 0 aliphatic carbocycles. The van der Waals surface area contributed by atoms with E-state index in [9.17, 15) is 13.2 Å². The van der Waals surface area contributed by atoms with Gasteiger partial charge in [0, 0.05) is 18.1 Å². The van der Waals surface area contributed by atoms with Crippen LogP contribution in [0.4, 0.5) is 0 Å². The molecule has 2 aromatic carbocycles. The number of carbonyl (C=O) groups excluding carboxylic acids is 1. The summed E-state index contributed by atoms with van der Waals surface area (Å²) in [4.78, 5) is 11.4. The molecule has 2 rings (SSSR count). The Labute approximate surface area is 123 Å². The van der Waals surface area contributed by atoms with Crippen LogP contribution in [0.25, 0.3) is 11.1 Å². The summed E-state index contributed by atoms with van der Waals surface area (Å²) in [6.07, 6.45) is 0.188. The zero-order valence-corrected chi connectivity index (χ0v) is 12.3. The summed E-state index contributed by atoms with van der Waals surface area (Å²) in [7, 11) is -3.86. The quantitative estimate of drug-likeness (QED) is 0.693. The number of sulfonamides is 1. The van der Waals surface area contributed by atoms with Crippen LogP contribution in [-0.4, -0.2) is 14.4 Å². The SMILES string of the molecule is CCC(=O)Oc1cc(S(N)(=O)=O)ccc1-c1ccccc1. The van der Waals surface area contributed by atoms with E-state index in [1.807, 2.05) is 30.3 Å². The minimum absolute atomic E-state index is 0.0962. The van der Waals surface area contributed by atoms with Crippen LogP contribution >= 0.6 is 0 Å². The van der Waals surface area contributed by atoms with Crippen molar-refractivity contribution >= 4 is 16.0 Å². The van der Waals surface area contributed by atoms with Crippen LogP contribution in [0.1, 0.15) is 13.3 Å². The molecule has 0 saturated carbocycles. The first-order valence-electron chi connectivity index (χ1n) is 6.34. The molecule has 0 aromatic heterocycles. The third kappa shape index (κ3) is 3.68. The van der Waals surface area contributed by atoms with Crippen LogP contribution in [0.15, 0.2) is 53.4 Å². The van der Waals surface area contributed by atoms with Crippen molar-refractivity contribution in [2.45, 2.75) is 18.2 Å². The monoisotopic (exact) mass is 305 g/mol. The minimum atomic E-state index is -3.86. The summed E-state index contributed by atoms with van der Waals surface area (Å²) in [5.74, 6) is -0.265. The fourth-order valence-electron chi connectivity index (χ4n) is 1.82. The Balaban J connectivity index is 2.57. The van der Waals surface area contributed by atoms with E-state index in [-0.39, 0.29) is 17.1 Å². The number of esters is 1. The van der Waals surface area contributed by atoms with Gasteiger partial charge >= 0.3 is 5.97 Å². The van der Waals surface area contributed by atoms with Gasteiger partial charge < -0.3 is 4.74 Å². The molecule has 6 heteroatoms. The molecule has 5 nitrogen and oxygen atoms in total. The molecule has 0 spiro atoms. The van der Waals surface area contributed by atoms with Gasteiger partial charge in [-0.05, 0) is 17.7 Å². The molecule has 2 N–H and O–H groups in total. The molecule has 0 bridgehead atoms. The number of primary sulfonamides is 1. The first-order valence-corrected chi connectivity index (χ1v) is 7.89. The van der Waals surface area contributed by atoms with Crippen LogP contribution < -0.4 is 9.88 Å². The van der Waals surface area contributed by atoms with Gasteiger partial charge in [-0.2, -0.15) is 0 Å². The largest absolute Gasteiger partial charge is 0.426 e. The highest BCUT2D eigenvalue weighted by Crippen LogP contribution is 2.32. The number of hydrogen-bond donors (Lipinski definition) is 1. The predicted octanol–water partition coefficient (Wildman–Crippen LogP) is 2.32. The van der Waals surface area contributed by atoms with Crippen molar-refractivity contribution in [1.82, 2.24) is 0 Å². The van der Waals surface area contributed by atoms with Crippen molar-refractivity contribution < 1.29 is 17.9 Å². The predicted molar refractivity (Wildman–Crippen MR) is 79.2 cm³/mol. The first-order chi connectivity index (χ1) is 9.91. The molecule has 0 saturated heterocycles. The van der Waals surface area contributed by atoms with Crippen molar-refractivity contribution in [2.24, 2.45) is 5.14 Å². The molecule has 0 heterocycles. The van der Waals surface area contributed by atoms with Crippen molar-refractivity contribution in [3.05, 3.63) is 48.5 Å². The van der Waals surface area contributed by atoms with Crippen molar-refractivity contribution in [3.8, 4) is 16.9 Å². The van der Waals surface area contributed by atoms with E-state index >= 15 is 0 Å². The van der Waals surface area contributed by atoms with Gasteiger partial charge in [0.2, 0.25) is 10.0 Å². The summed E-state index contributed by atoms with van der Waals surface area (Å²) in [5.41, 5.74) is 1.45. The van der Waals surface area contributed by atoms with E-state index in [1.54, 1.807) is 13.0 Å². The van der Waals surface area contributed by atoms with Gasteiger partial charge in [-0.15, -0.1) is 0 Å². The van der Waals surface area contributed by atoms with Gasteiger partial charge in [0.05, 0.1) is 4.90 Å². The van der Waals surface area contributed by atoms with Crippen LogP contribution in [0.2, 0.25) is 0 Å². The molecular weight excluding hydrogens is 290 g/mol. The topological polar surface area (TPSA) is 86.5 Å². The Morgan fingerprint density at radius 1 is 1.14 bits per heavy atom. The van der Waals surface area contributed by atoms with E-state index in [0.29, 0.717) is 5.56 Å². The van der Waals surface area contributed by atoms with Gasteiger partial charge in [-0.3, -0.25) is 4.79 Å². The molecular formula is C15H15NO4S. The lowest BCUT2D eigenvalue weighted by Crippen LogP contribution is -2.13. The molecule has 0 atom stereocenters. The summed E-state index contributed by atoms with van der Waals surface area (Å²) >= 11 is 0. The maximum Gasteiger partial charge on any atom is 0.310 e. The average Bonchev–Trinajstić information content (AvgIpc) is 2.47. The molecule has 0 amide bonds. The fourth-order valence-corrected chi connectivity index (χ4v) is 2.34. The maximum absolute atomic E-state index is 11.5. The molecule has 0 radical (unpaired) electrons. The molecule has 0 fully saturated rings. The molecule has 21 heavy (non-hydrogen) atoms. The standard InChI is InChI=1S/C15H15NO4S/c1-2-15(17)20-14-10-12(21(16,18)19)8-9-13(14)11-6-4-3-5-7-11/h3-10H,2H2,1H3,(H2,16,18,19). The maximum atomic E-state index is 11.5. The Hall–Kier alpha value is -2.18. The zero-order valence-electron chi connectivity index (χ0n) is 11.4. The number of hydrogen-bond acceptors (Lipinski definition) is 4. The van der Waals surface area contributed by atoms with Crippen LogP contribution in [-0.2, 0) is 14.8 Å². The highest BCUT2D eigenvalue weighted by Gasteiger charge is 2.15. The first kappa shape index (κ1) is 15.2. The number of nitrogens with two attached hydrogens (primary N) is 1. The van der Waals surface area contributed by atoms with Crippen molar-refractivity contribution in [3.63, 3.8) is 0 Å². The van der Waals surface area contributed by atoms with E-state index < -0.39 is 16.0 Å². The number of benzene rings is 2. The second kappa shape index (κ2) is 6.07. The summed E-state index contributed by atoms with van der Waals surface area (Å²) in [6, 6.07) is 13.5. The van der Waals surface area contributed by atoms with Crippen molar-refractivity contribution in [2.75, 3.05) is 0 Å². The Kier molecular flexibility index (Phi) is 4.40. The lowest BCUT2D eigenvalue weighted by molar-refractivity contribution is -0.133. The second-order valence-corrected chi connectivity index (χ2v) is 5.96. The zero-order chi connectivity index (χ0) is 15.5. The smallest absolute Gasteiger partial charge is 0.310 e. The normalized spacial score (nSPS) is 11.1. The Bertz CT molecular complexity index is 754. The number of ether oxygens (including phenoxy) is 1. The van der Waals surface area contributed by atoms with Crippen LogP contribution in [0.3, 0.4) is 0 Å². The van der Waals surface area contributed by atoms with E-state index in [1.165, 1.54) is 12.1 Å². The van der Waals surface area contributed by atoms with Gasteiger partial charge in [-0.25, -0.2) is 13.6 Å². The van der Waals surface area contributed by atoms with Gasteiger partial charge in [0.15, 0.2) is 0 Å². The molecule has 0 aliphatic heterocycles. The van der Waals surface area contributed by atoms with Gasteiger partial charge in [-0.1, -0.05) is 37.3 Å². The lowest BCUT2D eigenvalue weighted by Gasteiger charge is -2.11. The highest BCUT2D eigenvalue weighted by molar-refractivity contribution is 7.89. The van der Waals surface area contributed by atoms with Crippen LogP contribution in [0.5, 0.6) is 5.75 Å². The van der Waals surface area contributed by atoms with Crippen LogP contribution in [0, 0.1) is 0 Å². The molecule has 2 aromatic rings.